The molecule has 0 amide bonds. The summed E-state index contributed by atoms with van der Waals surface area (Å²) in [5, 5.41) is 11.7. The smallest absolute Gasteiger partial charge is 0.113 e. The predicted octanol–water partition coefficient (Wildman–Crippen LogP) is 2.66. The summed E-state index contributed by atoms with van der Waals surface area (Å²) >= 11 is 5.65. The van der Waals surface area contributed by atoms with Crippen LogP contribution < -0.4 is 5.32 Å². The number of allylic oxidation sites excluding steroid dienone is 1. The summed E-state index contributed by atoms with van der Waals surface area (Å²) in [6.07, 6.45) is 1.48. The van der Waals surface area contributed by atoms with Crippen LogP contribution in [0.1, 0.15) is 12.5 Å². The van der Waals surface area contributed by atoms with Gasteiger partial charge in [-0.25, -0.2) is 0 Å². The van der Waals surface area contributed by atoms with Gasteiger partial charge in [0.15, 0.2) is 0 Å². The molecule has 1 aromatic carbocycles. The monoisotopic (exact) mass is 249 g/mol. The van der Waals surface area contributed by atoms with Crippen molar-refractivity contribution in [3.8, 4) is 6.07 Å². The minimum absolute atomic E-state index is 0.290. The van der Waals surface area contributed by atoms with E-state index in [1.807, 2.05) is 31.2 Å². The molecule has 0 saturated heterocycles. The molecule has 3 nitrogen and oxygen atoms in total. The van der Waals surface area contributed by atoms with Gasteiger partial charge in [0.25, 0.3) is 0 Å². The van der Waals surface area contributed by atoms with E-state index in [-0.39, 0.29) is 0 Å². The van der Waals surface area contributed by atoms with E-state index in [1.165, 1.54) is 11.6 Å². The molecule has 1 aromatic rings. The fraction of sp³-hybridized carbons (Fsp3) is 0.308. The Hall–Kier alpha value is -1.66. The molecule has 17 heavy (non-hydrogen) atoms. The molecule has 0 radical (unpaired) electrons. The van der Waals surface area contributed by atoms with Crippen molar-refractivity contribution in [3.63, 3.8) is 0 Å². The average molecular weight is 250 g/mol. The Balaban J connectivity index is 2.77. The van der Waals surface area contributed by atoms with Gasteiger partial charge >= 0.3 is 0 Å². The van der Waals surface area contributed by atoms with Crippen molar-refractivity contribution in [2.45, 2.75) is 13.5 Å². The van der Waals surface area contributed by atoms with Crippen molar-refractivity contribution in [1.29, 1.82) is 5.26 Å². The molecule has 0 heterocycles. The first-order valence-electron chi connectivity index (χ1n) is 5.50. The number of nitriles is 1. The number of halogens is 1. The first-order valence-corrected chi connectivity index (χ1v) is 6.03. The zero-order chi connectivity index (χ0) is 12.5. The van der Waals surface area contributed by atoms with Gasteiger partial charge in [-0.1, -0.05) is 30.3 Å². The molecule has 1 N–H and O–H groups in total. The lowest BCUT2D eigenvalue weighted by molar-refractivity contribution is 0.333. The molecule has 0 aliphatic rings. The number of alkyl halides is 1. The lowest BCUT2D eigenvalue weighted by atomic mass is 10.2. The molecule has 0 atom stereocenters. The molecule has 1 rings (SSSR count). The van der Waals surface area contributed by atoms with Crippen LogP contribution in [-0.2, 0) is 6.54 Å². The molecule has 0 spiro atoms. The number of rotatable bonds is 6. The zero-order valence-corrected chi connectivity index (χ0v) is 10.6. The van der Waals surface area contributed by atoms with E-state index in [0.29, 0.717) is 6.00 Å². The van der Waals surface area contributed by atoms with Crippen molar-refractivity contribution in [1.82, 2.24) is 10.2 Å². The van der Waals surface area contributed by atoms with E-state index < -0.39 is 0 Å². The van der Waals surface area contributed by atoms with Crippen molar-refractivity contribution in [2.75, 3.05) is 12.5 Å². The molecule has 0 aliphatic heterocycles. The fourth-order valence-electron chi connectivity index (χ4n) is 1.55. The summed E-state index contributed by atoms with van der Waals surface area (Å²) < 4.78 is 0. The average Bonchev–Trinajstić information content (AvgIpc) is 2.37. The number of hydrogen-bond acceptors (Lipinski definition) is 3. The van der Waals surface area contributed by atoms with Crippen molar-refractivity contribution >= 4 is 11.6 Å². The highest BCUT2D eigenvalue weighted by atomic mass is 35.5. The number of hydrogen-bond donors (Lipinski definition) is 1. The van der Waals surface area contributed by atoms with Gasteiger partial charge in [0.05, 0.1) is 18.1 Å². The third kappa shape index (κ3) is 4.38. The minimum Gasteiger partial charge on any atom is -0.358 e. The zero-order valence-electron chi connectivity index (χ0n) is 9.86. The lowest BCUT2D eigenvalue weighted by Crippen LogP contribution is -2.30. The summed E-state index contributed by atoms with van der Waals surface area (Å²) in [6.45, 7) is 3.62. The molecule has 4 heteroatoms. The van der Waals surface area contributed by atoms with E-state index in [2.05, 4.69) is 22.3 Å². The normalized spacial score (nSPS) is 10.8. The van der Waals surface area contributed by atoms with E-state index in [9.17, 15) is 0 Å². The van der Waals surface area contributed by atoms with Crippen molar-refractivity contribution in [3.05, 3.63) is 47.8 Å². The molecule has 0 bridgehead atoms. The first-order chi connectivity index (χ1) is 8.31. The van der Waals surface area contributed by atoms with Gasteiger partial charge in [0, 0.05) is 13.1 Å². The Morgan fingerprint density at radius 2 is 2.18 bits per heavy atom. The predicted molar refractivity (Wildman–Crippen MR) is 70.1 cm³/mol. The topological polar surface area (TPSA) is 39.1 Å². The van der Waals surface area contributed by atoms with Gasteiger partial charge in [-0.05, 0) is 12.5 Å². The summed E-state index contributed by atoms with van der Waals surface area (Å²) in [7, 11) is 0. The summed E-state index contributed by atoms with van der Waals surface area (Å²) in [4.78, 5) is 2.07. The Bertz CT molecular complexity index is 395. The molecule has 0 saturated carbocycles. The number of nitrogens with one attached hydrogen (secondary N) is 1. The maximum atomic E-state index is 8.74. The van der Waals surface area contributed by atoms with Crippen LogP contribution in [0.5, 0.6) is 0 Å². The van der Waals surface area contributed by atoms with Crippen LogP contribution in [0.15, 0.2) is 42.2 Å². The molecule has 90 valence electrons. The van der Waals surface area contributed by atoms with Crippen molar-refractivity contribution < 1.29 is 0 Å². The van der Waals surface area contributed by atoms with Gasteiger partial charge in [-0.3, -0.25) is 0 Å². The van der Waals surface area contributed by atoms with Gasteiger partial charge in [-0.15, -0.1) is 11.6 Å². The van der Waals surface area contributed by atoms with E-state index >= 15 is 0 Å². The van der Waals surface area contributed by atoms with Crippen LogP contribution in [0.3, 0.4) is 0 Å². The molecule has 0 fully saturated rings. The second-order valence-corrected chi connectivity index (χ2v) is 3.74. The lowest BCUT2D eigenvalue weighted by Gasteiger charge is -2.25. The quantitative estimate of drug-likeness (QED) is 0.479. The number of benzene rings is 1. The number of nitrogens with zero attached hydrogens (tertiary/aromatic N) is 2. The standard InChI is InChI=1S/C13H16ClN3/c1-2-17(13(8-9-15)16-11-14)10-12-6-4-3-5-7-12/h3-8,16H,2,10-11H2,1H3. The molecule has 0 unspecified atom stereocenters. The SMILES string of the molecule is CCN(Cc1ccccc1)C(=CC#N)NCCl. The van der Waals surface area contributed by atoms with Crippen LogP contribution in [0.4, 0.5) is 0 Å². The Kier molecular flexibility index (Phi) is 5.98. The molecular formula is C13H16ClN3. The molecular weight excluding hydrogens is 234 g/mol. The van der Waals surface area contributed by atoms with Gasteiger partial charge in [-0.2, -0.15) is 5.26 Å². The summed E-state index contributed by atoms with van der Waals surface area (Å²) in [5.74, 6) is 0.758. The minimum atomic E-state index is 0.290. The Morgan fingerprint density at radius 3 is 2.71 bits per heavy atom. The van der Waals surface area contributed by atoms with Crippen LogP contribution in [0, 0.1) is 11.3 Å². The van der Waals surface area contributed by atoms with E-state index in [0.717, 1.165) is 18.9 Å². The third-order valence-electron chi connectivity index (χ3n) is 2.39. The highest BCUT2D eigenvalue weighted by molar-refractivity contribution is 6.17. The van der Waals surface area contributed by atoms with Gasteiger partial charge in [0.2, 0.25) is 0 Å². The third-order valence-corrected chi connectivity index (χ3v) is 2.52. The van der Waals surface area contributed by atoms with Crippen LogP contribution in [0.25, 0.3) is 0 Å². The molecule has 0 aromatic heterocycles. The Labute approximate surface area is 107 Å². The fourth-order valence-corrected chi connectivity index (χ4v) is 1.69. The highest BCUT2D eigenvalue weighted by Gasteiger charge is 2.07. The first kappa shape index (κ1) is 13.4. The Morgan fingerprint density at radius 1 is 1.47 bits per heavy atom. The summed E-state index contributed by atoms with van der Waals surface area (Å²) in [6, 6.07) is 12.4. The summed E-state index contributed by atoms with van der Waals surface area (Å²) in [5.41, 5.74) is 1.20. The maximum absolute atomic E-state index is 8.74. The second kappa shape index (κ2) is 7.59. The van der Waals surface area contributed by atoms with E-state index in [1.54, 1.807) is 0 Å². The van der Waals surface area contributed by atoms with Gasteiger partial charge in [0.1, 0.15) is 5.82 Å². The maximum Gasteiger partial charge on any atom is 0.113 e. The van der Waals surface area contributed by atoms with Crippen molar-refractivity contribution in [2.24, 2.45) is 0 Å². The van der Waals surface area contributed by atoms with Crippen LogP contribution in [-0.4, -0.2) is 17.4 Å². The highest BCUT2D eigenvalue weighted by Crippen LogP contribution is 2.09. The van der Waals surface area contributed by atoms with Crippen LogP contribution in [0.2, 0.25) is 0 Å². The van der Waals surface area contributed by atoms with E-state index in [4.69, 9.17) is 16.9 Å². The molecule has 0 aliphatic carbocycles. The largest absolute Gasteiger partial charge is 0.358 e. The van der Waals surface area contributed by atoms with Crippen LogP contribution >= 0.6 is 11.6 Å². The second-order valence-electron chi connectivity index (χ2n) is 3.47. The van der Waals surface area contributed by atoms with Gasteiger partial charge < -0.3 is 10.2 Å².